The van der Waals surface area contributed by atoms with Gasteiger partial charge in [-0.3, -0.25) is 4.84 Å². The number of nitrogens with one attached hydrogen (secondary N) is 1. The molecule has 0 saturated carbocycles. The zero-order valence-corrected chi connectivity index (χ0v) is 10.6. The van der Waals surface area contributed by atoms with E-state index in [0.717, 1.165) is 26.2 Å². The number of benzene rings is 1. The van der Waals surface area contributed by atoms with Crippen LogP contribution in [0.3, 0.4) is 0 Å². The molecule has 3 nitrogen and oxygen atoms in total. The maximum Gasteiger partial charge on any atom is 0.0657 e. The molecule has 0 aromatic heterocycles. The van der Waals surface area contributed by atoms with Crippen LogP contribution in [0.15, 0.2) is 30.3 Å². The minimum atomic E-state index is 0.504. The van der Waals surface area contributed by atoms with Crippen LogP contribution in [0.4, 0.5) is 0 Å². The van der Waals surface area contributed by atoms with Crippen molar-refractivity contribution in [2.75, 3.05) is 19.7 Å². The Bertz CT molecular complexity index is 309. The molecular formula is C14H22N2O. The minimum Gasteiger partial charge on any atom is -0.315 e. The number of rotatable bonds is 5. The third-order valence-electron chi connectivity index (χ3n) is 3.15. The fourth-order valence-electron chi connectivity index (χ4n) is 2.29. The van der Waals surface area contributed by atoms with Crippen molar-refractivity contribution in [1.82, 2.24) is 10.4 Å². The molecule has 0 amide bonds. The van der Waals surface area contributed by atoms with Crippen LogP contribution in [0, 0.1) is 0 Å². The summed E-state index contributed by atoms with van der Waals surface area (Å²) in [6, 6.07) is 11.0. The molecule has 0 spiro atoms. The van der Waals surface area contributed by atoms with Crippen molar-refractivity contribution < 1.29 is 4.84 Å². The summed E-state index contributed by atoms with van der Waals surface area (Å²) in [6.45, 7) is 5.84. The normalized spacial score (nSPS) is 20.7. The van der Waals surface area contributed by atoms with Gasteiger partial charge >= 0.3 is 0 Å². The van der Waals surface area contributed by atoms with Crippen molar-refractivity contribution in [2.24, 2.45) is 0 Å². The van der Waals surface area contributed by atoms with E-state index in [1.807, 2.05) is 6.92 Å². The quantitative estimate of drug-likeness (QED) is 0.790. The van der Waals surface area contributed by atoms with Crippen LogP contribution in [-0.2, 0) is 11.4 Å². The summed E-state index contributed by atoms with van der Waals surface area (Å²) in [5, 5.41) is 5.58. The van der Waals surface area contributed by atoms with Crippen LogP contribution in [0.5, 0.6) is 0 Å². The second kappa shape index (κ2) is 6.74. The summed E-state index contributed by atoms with van der Waals surface area (Å²) in [5.41, 5.74) is 1.31. The monoisotopic (exact) mass is 234 g/mol. The smallest absolute Gasteiger partial charge is 0.0657 e. The minimum absolute atomic E-state index is 0.504. The lowest BCUT2D eigenvalue weighted by Gasteiger charge is -2.33. The summed E-state index contributed by atoms with van der Waals surface area (Å²) < 4.78 is 0. The van der Waals surface area contributed by atoms with Crippen LogP contribution < -0.4 is 5.32 Å². The highest BCUT2D eigenvalue weighted by molar-refractivity contribution is 5.14. The second-order valence-electron chi connectivity index (χ2n) is 4.48. The Balaban J connectivity index is 1.96. The summed E-state index contributed by atoms with van der Waals surface area (Å²) in [4.78, 5) is 5.78. The van der Waals surface area contributed by atoms with Crippen molar-refractivity contribution in [1.29, 1.82) is 0 Å². The number of hydrogen-bond acceptors (Lipinski definition) is 3. The van der Waals surface area contributed by atoms with Crippen LogP contribution in [0.25, 0.3) is 0 Å². The van der Waals surface area contributed by atoms with Crippen molar-refractivity contribution in [3.05, 3.63) is 35.9 Å². The van der Waals surface area contributed by atoms with Crippen molar-refractivity contribution in [3.63, 3.8) is 0 Å². The standard InChI is InChI=1S/C14H22N2O/c1-2-17-16(14-9-6-10-15-11-14)12-13-7-4-3-5-8-13/h3-5,7-8,14-15H,2,6,9-12H2,1H3. The van der Waals surface area contributed by atoms with E-state index in [-0.39, 0.29) is 0 Å². The predicted molar refractivity (Wildman–Crippen MR) is 69.5 cm³/mol. The van der Waals surface area contributed by atoms with Gasteiger partial charge in [0.15, 0.2) is 0 Å². The molecular weight excluding hydrogens is 212 g/mol. The van der Waals surface area contributed by atoms with E-state index in [2.05, 4.69) is 40.7 Å². The highest BCUT2D eigenvalue weighted by Crippen LogP contribution is 2.14. The molecule has 0 radical (unpaired) electrons. The Morgan fingerprint density at radius 1 is 1.35 bits per heavy atom. The SMILES string of the molecule is CCON(Cc1ccccc1)C1CCCNC1. The van der Waals surface area contributed by atoms with Gasteiger partial charge in [0.25, 0.3) is 0 Å². The Morgan fingerprint density at radius 2 is 2.18 bits per heavy atom. The topological polar surface area (TPSA) is 24.5 Å². The maximum absolute atomic E-state index is 5.78. The molecule has 1 atom stereocenters. The largest absolute Gasteiger partial charge is 0.315 e. The van der Waals surface area contributed by atoms with Crippen LogP contribution in [-0.4, -0.2) is 30.8 Å². The van der Waals surface area contributed by atoms with Crippen LogP contribution >= 0.6 is 0 Å². The molecule has 2 rings (SSSR count). The average molecular weight is 234 g/mol. The van der Waals surface area contributed by atoms with E-state index in [0.29, 0.717) is 6.04 Å². The summed E-state index contributed by atoms with van der Waals surface area (Å²) in [6.07, 6.45) is 2.46. The first kappa shape index (κ1) is 12.6. The van der Waals surface area contributed by atoms with Crippen LogP contribution in [0.2, 0.25) is 0 Å². The Morgan fingerprint density at radius 3 is 2.82 bits per heavy atom. The fourth-order valence-corrected chi connectivity index (χ4v) is 2.29. The molecule has 1 fully saturated rings. The molecule has 94 valence electrons. The van der Waals surface area contributed by atoms with E-state index in [1.54, 1.807) is 0 Å². The molecule has 17 heavy (non-hydrogen) atoms. The number of hydroxylamine groups is 2. The van der Waals surface area contributed by atoms with Gasteiger partial charge in [-0.05, 0) is 31.9 Å². The summed E-state index contributed by atoms with van der Waals surface area (Å²) >= 11 is 0. The summed E-state index contributed by atoms with van der Waals surface area (Å²) in [5.74, 6) is 0. The molecule has 1 N–H and O–H groups in total. The van der Waals surface area contributed by atoms with Gasteiger partial charge in [-0.2, -0.15) is 5.06 Å². The molecule has 1 aromatic carbocycles. The first-order valence-corrected chi connectivity index (χ1v) is 6.54. The lowest BCUT2D eigenvalue weighted by atomic mass is 10.1. The van der Waals surface area contributed by atoms with Gasteiger partial charge in [-0.25, -0.2) is 0 Å². The van der Waals surface area contributed by atoms with Crippen molar-refractivity contribution in [2.45, 2.75) is 32.4 Å². The van der Waals surface area contributed by atoms with Crippen LogP contribution in [0.1, 0.15) is 25.3 Å². The molecule has 1 aliphatic rings. The molecule has 1 aliphatic heterocycles. The van der Waals surface area contributed by atoms with Gasteiger partial charge in [0, 0.05) is 19.1 Å². The highest BCUT2D eigenvalue weighted by Gasteiger charge is 2.21. The molecule has 0 aliphatic carbocycles. The molecule has 1 saturated heterocycles. The summed E-state index contributed by atoms with van der Waals surface area (Å²) in [7, 11) is 0. The Kier molecular flexibility index (Phi) is 4.98. The van der Waals surface area contributed by atoms with Crippen molar-refractivity contribution >= 4 is 0 Å². The lowest BCUT2D eigenvalue weighted by molar-refractivity contribution is -0.193. The van der Waals surface area contributed by atoms with E-state index < -0.39 is 0 Å². The van der Waals surface area contributed by atoms with Gasteiger partial charge in [-0.1, -0.05) is 30.3 Å². The first-order valence-electron chi connectivity index (χ1n) is 6.54. The molecule has 1 heterocycles. The van der Waals surface area contributed by atoms with E-state index in [4.69, 9.17) is 4.84 Å². The first-order chi connectivity index (χ1) is 8.40. The Hall–Kier alpha value is -0.900. The zero-order valence-electron chi connectivity index (χ0n) is 10.6. The molecule has 3 heteroatoms. The lowest BCUT2D eigenvalue weighted by Crippen LogP contribution is -2.45. The second-order valence-corrected chi connectivity index (χ2v) is 4.48. The van der Waals surface area contributed by atoms with Gasteiger partial charge in [-0.15, -0.1) is 0 Å². The Labute approximate surface area is 104 Å². The van der Waals surface area contributed by atoms with E-state index in [9.17, 15) is 0 Å². The fraction of sp³-hybridized carbons (Fsp3) is 0.571. The maximum atomic E-state index is 5.78. The predicted octanol–water partition coefficient (Wildman–Crippen LogP) is 2.19. The van der Waals surface area contributed by atoms with E-state index >= 15 is 0 Å². The number of nitrogens with zero attached hydrogens (tertiary/aromatic N) is 1. The zero-order chi connectivity index (χ0) is 11.9. The van der Waals surface area contributed by atoms with Gasteiger partial charge < -0.3 is 5.32 Å². The third-order valence-corrected chi connectivity index (χ3v) is 3.15. The molecule has 0 bridgehead atoms. The van der Waals surface area contributed by atoms with Crippen molar-refractivity contribution in [3.8, 4) is 0 Å². The molecule has 1 unspecified atom stereocenters. The van der Waals surface area contributed by atoms with Gasteiger partial charge in [0.1, 0.15) is 0 Å². The van der Waals surface area contributed by atoms with Gasteiger partial charge in [0.2, 0.25) is 0 Å². The molecule has 1 aromatic rings. The number of piperidine rings is 1. The van der Waals surface area contributed by atoms with Gasteiger partial charge in [0.05, 0.1) is 6.61 Å². The van der Waals surface area contributed by atoms with E-state index in [1.165, 1.54) is 18.4 Å². The number of hydrogen-bond donors (Lipinski definition) is 1. The average Bonchev–Trinajstić information content (AvgIpc) is 2.40. The highest BCUT2D eigenvalue weighted by atomic mass is 16.7. The third kappa shape index (κ3) is 3.80.